The normalized spacial score (nSPS) is 17.0. The molecular formula is C13H17BrN2O2. The largest absolute Gasteiger partial charge is 0.492 e. The van der Waals surface area contributed by atoms with Gasteiger partial charge in [0.15, 0.2) is 0 Å². The molecule has 98 valence electrons. The van der Waals surface area contributed by atoms with Crippen LogP contribution < -0.4 is 4.74 Å². The fraction of sp³-hybridized carbons (Fsp3) is 0.462. The van der Waals surface area contributed by atoms with Crippen molar-refractivity contribution in [2.24, 2.45) is 0 Å². The molecule has 0 saturated carbocycles. The van der Waals surface area contributed by atoms with E-state index in [0.717, 1.165) is 29.9 Å². The van der Waals surface area contributed by atoms with E-state index in [-0.39, 0.29) is 5.91 Å². The second-order valence-corrected chi connectivity index (χ2v) is 5.31. The lowest BCUT2D eigenvalue weighted by atomic mass is 10.3. The molecule has 18 heavy (non-hydrogen) atoms. The Morgan fingerprint density at radius 2 is 2.22 bits per heavy atom. The quantitative estimate of drug-likeness (QED) is 0.846. The van der Waals surface area contributed by atoms with E-state index in [1.54, 1.807) is 4.90 Å². The summed E-state index contributed by atoms with van der Waals surface area (Å²) >= 11 is 3.40. The summed E-state index contributed by atoms with van der Waals surface area (Å²) in [5.41, 5.74) is 0. The first kappa shape index (κ1) is 13.4. The standard InChI is InChI=1S/C13H17BrN2O2/c1-15-5-6-16(10-13(15)17)7-8-18-12-4-2-3-11(14)9-12/h2-4,9H,5-8,10H2,1H3. The van der Waals surface area contributed by atoms with Crippen molar-refractivity contribution in [1.29, 1.82) is 0 Å². The third-order valence-electron chi connectivity index (χ3n) is 3.01. The van der Waals surface area contributed by atoms with Crippen LogP contribution in [0.4, 0.5) is 0 Å². The fourth-order valence-corrected chi connectivity index (χ4v) is 2.23. The number of carbonyl (C=O) groups is 1. The third kappa shape index (κ3) is 3.71. The van der Waals surface area contributed by atoms with Crippen LogP contribution in [0.25, 0.3) is 0 Å². The molecule has 0 atom stereocenters. The van der Waals surface area contributed by atoms with Gasteiger partial charge in [0.2, 0.25) is 5.91 Å². The van der Waals surface area contributed by atoms with Gasteiger partial charge in [-0.3, -0.25) is 9.69 Å². The SMILES string of the molecule is CN1CCN(CCOc2cccc(Br)c2)CC1=O. The number of halogens is 1. The molecule has 1 aliphatic heterocycles. The number of likely N-dealkylation sites (N-methyl/N-ethyl adjacent to an activating group) is 1. The number of ether oxygens (including phenoxy) is 1. The van der Waals surface area contributed by atoms with Crippen molar-refractivity contribution >= 4 is 21.8 Å². The van der Waals surface area contributed by atoms with Crippen molar-refractivity contribution in [2.75, 3.05) is 39.8 Å². The number of hydrogen-bond acceptors (Lipinski definition) is 3. The zero-order valence-corrected chi connectivity index (χ0v) is 12.0. The van der Waals surface area contributed by atoms with Gasteiger partial charge in [0.05, 0.1) is 6.54 Å². The van der Waals surface area contributed by atoms with E-state index in [9.17, 15) is 4.79 Å². The molecule has 1 aromatic carbocycles. The summed E-state index contributed by atoms with van der Waals surface area (Å²) in [4.78, 5) is 15.4. The lowest BCUT2D eigenvalue weighted by molar-refractivity contribution is -0.134. The molecule has 0 aromatic heterocycles. The van der Waals surface area contributed by atoms with E-state index in [2.05, 4.69) is 20.8 Å². The van der Waals surface area contributed by atoms with Crippen molar-refractivity contribution in [1.82, 2.24) is 9.80 Å². The van der Waals surface area contributed by atoms with Gasteiger partial charge in [0, 0.05) is 31.2 Å². The van der Waals surface area contributed by atoms with E-state index < -0.39 is 0 Å². The molecule has 1 amide bonds. The highest BCUT2D eigenvalue weighted by Crippen LogP contribution is 2.17. The molecule has 1 aliphatic rings. The van der Waals surface area contributed by atoms with Gasteiger partial charge in [-0.05, 0) is 18.2 Å². The number of hydrogen-bond donors (Lipinski definition) is 0. The molecule has 0 N–H and O–H groups in total. The number of piperazine rings is 1. The molecule has 2 rings (SSSR count). The fourth-order valence-electron chi connectivity index (χ4n) is 1.85. The first-order chi connectivity index (χ1) is 8.65. The maximum Gasteiger partial charge on any atom is 0.236 e. The predicted octanol–water partition coefficient (Wildman–Crippen LogP) is 1.60. The first-order valence-electron chi connectivity index (χ1n) is 6.00. The molecule has 4 nitrogen and oxygen atoms in total. The third-order valence-corrected chi connectivity index (χ3v) is 3.50. The Bertz CT molecular complexity index is 425. The summed E-state index contributed by atoms with van der Waals surface area (Å²) in [5.74, 6) is 1.04. The van der Waals surface area contributed by atoms with Crippen molar-refractivity contribution in [3.63, 3.8) is 0 Å². The Morgan fingerprint density at radius 1 is 1.39 bits per heavy atom. The maximum atomic E-state index is 11.5. The molecule has 0 spiro atoms. The molecule has 0 bridgehead atoms. The minimum atomic E-state index is 0.184. The Balaban J connectivity index is 1.74. The van der Waals surface area contributed by atoms with Crippen LogP contribution in [0.1, 0.15) is 0 Å². The van der Waals surface area contributed by atoms with Crippen molar-refractivity contribution in [2.45, 2.75) is 0 Å². The highest BCUT2D eigenvalue weighted by Gasteiger charge is 2.20. The van der Waals surface area contributed by atoms with Crippen LogP contribution >= 0.6 is 15.9 Å². The van der Waals surface area contributed by atoms with Crippen LogP contribution in [0.15, 0.2) is 28.7 Å². The van der Waals surface area contributed by atoms with E-state index in [1.807, 2.05) is 31.3 Å². The first-order valence-corrected chi connectivity index (χ1v) is 6.79. The summed E-state index contributed by atoms with van der Waals surface area (Å²) in [6.45, 7) is 3.61. The maximum absolute atomic E-state index is 11.5. The average Bonchev–Trinajstić information content (AvgIpc) is 2.34. The van der Waals surface area contributed by atoms with Gasteiger partial charge in [-0.2, -0.15) is 0 Å². The molecule has 5 heteroatoms. The minimum absolute atomic E-state index is 0.184. The molecule has 1 fully saturated rings. The van der Waals surface area contributed by atoms with Gasteiger partial charge in [0.1, 0.15) is 12.4 Å². The summed E-state index contributed by atoms with van der Waals surface area (Å²) in [6, 6.07) is 7.78. The van der Waals surface area contributed by atoms with Gasteiger partial charge >= 0.3 is 0 Å². The molecule has 1 saturated heterocycles. The van der Waals surface area contributed by atoms with Crippen LogP contribution in [0.5, 0.6) is 5.75 Å². The van der Waals surface area contributed by atoms with E-state index in [4.69, 9.17) is 4.74 Å². The van der Waals surface area contributed by atoms with Crippen molar-refractivity contribution < 1.29 is 9.53 Å². The number of carbonyl (C=O) groups excluding carboxylic acids is 1. The van der Waals surface area contributed by atoms with E-state index in [1.165, 1.54) is 0 Å². The Kier molecular flexibility index (Phi) is 4.60. The molecule has 0 aliphatic carbocycles. The van der Waals surface area contributed by atoms with Gasteiger partial charge in [0.25, 0.3) is 0 Å². The summed E-state index contributed by atoms with van der Waals surface area (Å²) in [5, 5.41) is 0. The monoisotopic (exact) mass is 312 g/mol. The van der Waals surface area contributed by atoms with E-state index >= 15 is 0 Å². The zero-order valence-electron chi connectivity index (χ0n) is 10.4. The van der Waals surface area contributed by atoms with Crippen LogP contribution in [0.3, 0.4) is 0 Å². The van der Waals surface area contributed by atoms with Crippen LogP contribution in [-0.2, 0) is 4.79 Å². The number of benzene rings is 1. The number of rotatable bonds is 4. The predicted molar refractivity (Wildman–Crippen MR) is 73.7 cm³/mol. The topological polar surface area (TPSA) is 32.8 Å². The van der Waals surface area contributed by atoms with Gasteiger partial charge < -0.3 is 9.64 Å². The Labute approximate surface area is 116 Å². The van der Waals surface area contributed by atoms with Crippen molar-refractivity contribution in [3.8, 4) is 5.75 Å². The lowest BCUT2D eigenvalue weighted by Gasteiger charge is -2.31. The summed E-state index contributed by atoms with van der Waals surface area (Å²) in [7, 11) is 1.84. The molecule has 1 heterocycles. The van der Waals surface area contributed by atoms with Gasteiger partial charge in [-0.1, -0.05) is 22.0 Å². The molecule has 1 aromatic rings. The second-order valence-electron chi connectivity index (χ2n) is 4.40. The number of amides is 1. The average molecular weight is 313 g/mol. The van der Waals surface area contributed by atoms with Crippen molar-refractivity contribution in [3.05, 3.63) is 28.7 Å². The Hall–Kier alpha value is -1.07. The second kappa shape index (κ2) is 6.20. The Morgan fingerprint density at radius 3 is 2.94 bits per heavy atom. The highest BCUT2D eigenvalue weighted by molar-refractivity contribution is 9.10. The molecule has 0 unspecified atom stereocenters. The summed E-state index contributed by atoms with van der Waals surface area (Å²) in [6.07, 6.45) is 0. The smallest absolute Gasteiger partial charge is 0.236 e. The minimum Gasteiger partial charge on any atom is -0.492 e. The lowest BCUT2D eigenvalue weighted by Crippen LogP contribution is -2.49. The van der Waals surface area contributed by atoms with Gasteiger partial charge in [-0.15, -0.1) is 0 Å². The molecular weight excluding hydrogens is 296 g/mol. The van der Waals surface area contributed by atoms with Gasteiger partial charge in [-0.25, -0.2) is 0 Å². The zero-order chi connectivity index (χ0) is 13.0. The summed E-state index contributed by atoms with van der Waals surface area (Å²) < 4.78 is 6.66. The van der Waals surface area contributed by atoms with E-state index in [0.29, 0.717) is 13.2 Å². The highest BCUT2D eigenvalue weighted by atomic mass is 79.9. The molecule has 0 radical (unpaired) electrons. The van der Waals surface area contributed by atoms with Crippen LogP contribution in [-0.4, -0.2) is 55.5 Å². The van der Waals surface area contributed by atoms with Crippen LogP contribution in [0.2, 0.25) is 0 Å². The number of nitrogens with zero attached hydrogens (tertiary/aromatic N) is 2. The van der Waals surface area contributed by atoms with Crippen LogP contribution in [0, 0.1) is 0 Å².